The van der Waals surface area contributed by atoms with Crippen molar-refractivity contribution >= 4 is 23.9 Å². The molecule has 0 spiro atoms. The van der Waals surface area contributed by atoms with E-state index < -0.39 is 23.9 Å². The Bertz CT molecular complexity index is 199. The van der Waals surface area contributed by atoms with Crippen LogP contribution < -0.4 is 70.6 Å². The molecule has 0 saturated carbocycles. The first-order valence-electron chi connectivity index (χ1n) is 5.03. The van der Waals surface area contributed by atoms with E-state index in [2.05, 4.69) is 0 Å². The Labute approximate surface area is 173 Å². The Morgan fingerprint density at radius 3 is 0.636 bits per heavy atom. The largest absolute Gasteiger partial charge is 1.00 e. The third kappa shape index (κ3) is 10900. The molecule has 22 heavy (non-hydrogen) atoms. The van der Waals surface area contributed by atoms with Gasteiger partial charge in [0.05, 0.1) is 0 Å². The van der Waals surface area contributed by atoms with Gasteiger partial charge in [0.1, 0.15) is 0 Å². The normalized spacial score (nSPS) is 5.91. The minimum Gasteiger partial charge on any atom is -0.481 e. The van der Waals surface area contributed by atoms with Gasteiger partial charge < -0.3 is 31.9 Å². The predicted molar refractivity (Wildman–Crippen MR) is 71.3 cm³/mol. The fraction of sp³-hybridized carbons (Fsp3) is 0.600. The van der Waals surface area contributed by atoms with E-state index in [1.165, 1.54) is 0 Å². The molecule has 0 aromatic rings. The van der Waals surface area contributed by atoms with E-state index in [9.17, 15) is 0 Å². The molecule has 0 heterocycles. The molecule has 0 amide bonds. The van der Waals surface area contributed by atoms with Crippen molar-refractivity contribution in [2.75, 3.05) is 13.1 Å². The van der Waals surface area contributed by atoms with Crippen molar-refractivity contribution in [2.45, 2.75) is 27.7 Å². The van der Waals surface area contributed by atoms with Gasteiger partial charge in [-0.15, -0.1) is 0 Å². The van der Waals surface area contributed by atoms with Crippen LogP contribution in [0.5, 0.6) is 0 Å². The molecule has 0 radical (unpaired) electrons. The first kappa shape index (κ1) is 43.1. The quantitative estimate of drug-likeness (QED) is 0.248. The summed E-state index contributed by atoms with van der Waals surface area (Å²) in [6.45, 7) is 5.53. The summed E-state index contributed by atoms with van der Waals surface area (Å²) >= 11 is 0. The van der Waals surface area contributed by atoms with Crippen LogP contribution in [0.15, 0.2) is 0 Å². The van der Waals surface area contributed by atoms with Gasteiger partial charge in [0.2, 0.25) is 0 Å². The summed E-state index contributed by atoms with van der Waals surface area (Å²) < 4.78 is 0. The maximum atomic E-state index is 9.00. The maximum Gasteiger partial charge on any atom is 1.00 e. The van der Waals surface area contributed by atoms with E-state index in [-0.39, 0.29) is 59.1 Å². The predicted octanol–water partition coefficient (Wildman–Crippen LogP) is -6.72. The number of nitrogens with two attached hydrogens (primary N) is 2. The van der Waals surface area contributed by atoms with Gasteiger partial charge in [-0.2, -0.15) is 0 Å². The Morgan fingerprint density at radius 1 is 0.591 bits per heavy atom. The smallest absolute Gasteiger partial charge is 0.481 e. The number of aliphatic carboxylic acids is 4. The number of hydrogen-bond donors (Lipinski definition) is 6. The molecule has 0 saturated heterocycles. The summed E-state index contributed by atoms with van der Waals surface area (Å²) in [5.74, 6) is -3.33. The number of rotatable bonds is 1. The van der Waals surface area contributed by atoms with Crippen LogP contribution in [0.4, 0.5) is 0 Å². The Balaban J connectivity index is -0.0000000250. The molecular weight excluding hydrogens is 322 g/mol. The van der Waals surface area contributed by atoms with Crippen LogP contribution in [0, 0.1) is 0 Å². The molecule has 0 aromatic heterocycles. The SMILES string of the molecule is CC(=O)O.CC(=O)O.CC(=O)O.CC(=O)O.NCCN.[Na+].[Na+]. The second-order valence-corrected chi connectivity index (χ2v) is 2.65. The van der Waals surface area contributed by atoms with Crippen molar-refractivity contribution in [3.63, 3.8) is 0 Å². The van der Waals surface area contributed by atoms with Gasteiger partial charge in [-0.1, -0.05) is 0 Å². The van der Waals surface area contributed by atoms with E-state index in [4.69, 9.17) is 51.1 Å². The Kier molecular flexibility index (Phi) is 83.8. The van der Waals surface area contributed by atoms with Crippen LogP contribution in [-0.4, -0.2) is 57.4 Å². The second kappa shape index (κ2) is 42.8. The van der Waals surface area contributed by atoms with Gasteiger partial charge >= 0.3 is 59.1 Å². The Morgan fingerprint density at radius 2 is 0.636 bits per heavy atom. The summed E-state index contributed by atoms with van der Waals surface area (Å²) in [5.41, 5.74) is 9.81. The molecule has 10 nitrogen and oxygen atoms in total. The minimum absolute atomic E-state index is 0. The topological polar surface area (TPSA) is 201 Å². The molecule has 0 aliphatic carbocycles. The molecule has 8 N–H and O–H groups in total. The van der Waals surface area contributed by atoms with Crippen LogP contribution >= 0.6 is 0 Å². The first-order chi connectivity index (χ1) is 8.84. The van der Waals surface area contributed by atoms with Crippen molar-refractivity contribution in [1.82, 2.24) is 0 Å². The van der Waals surface area contributed by atoms with E-state index >= 15 is 0 Å². The fourth-order valence-corrected chi connectivity index (χ4v) is 0. The molecule has 0 aliphatic rings. The van der Waals surface area contributed by atoms with E-state index in [0.717, 1.165) is 27.7 Å². The van der Waals surface area contributed by atoms with Gasteiger partial charge in [0, 0.05) is 40.8 Å². The molecule has 0 bridgehead atoms. The van der Waals surface area contributed by atoms with Gasteiger partial charge in [-0.3, -0.25) is 19.2 Å². The zero-order chi connectivity index (χ0) is 17.7. The maximum absolute atomic E-state index is 9.00. The van der Waals surface area contributed by atoms with Crippen molar-refractivity contribution < 1.29 is 98.7 Å². The molecule has 12 heteroatoms. The van der Waals surface area contributed by atoms with Gasteiger partial charge in [0.15, 0.2) is 0 Å². The monoisotopic (exact) mass is 346 g/mol. The third-order valence-electron chi connectivity index (χ3n) is 0.167. The summed E-state index contributed by atoms with van der Waals surface area (Å²) in [4.78, 5) is 36.0. The van der Waals surface area contributed by atoms with Crippen molar-refractivity contribution in [3.05, 3.63) is 0 Å². The van der Waals surface area contributed by atoms with Crippen molar-refractivity contribution in [3.8, 4) is 0 Å². The zero-order valence-corrected chi connectivity index (χ0v) is 18.0. The zero-order valence-electron chi connectivity index (χ0n) is 14.0. The minimum atomic E-state index is -0.833. The van der Waals surface area contributed by atoms with Crippen molar-refractivity contribution in [1.29, 1.82) is 0 Å². The van der Waals surface area contributed by atoms with Crippen LogP contribution in [0.25, 0.3) is 0 Å². The van der Waals surface area contributed by atoms with E-state index in [0.29, 0.717) is 13.1 Å². The Hall–Kier alpha value is -0.200. The van der Waals surface area contributed by atoms with E-state index in [1.807, 2.05) is 0 Å². The molecule has 122 valence electrons. The molecule has 0 unspecified atom stereocenters. The standard InChI is InChI=1S/C2H8N2.4C2H4O2.2Na/c3-1-2-4;4*1-2(3)4;;/h1-4H2;4*1H3,(H,3,4);;/q;;;;;2*+1. The average molecular weight is 346 g/mol. The summed E-state index contributed by atoms with van der Waals surface area (Å²) in [7, 11) is 0. The molecular formula is C10H24N2Na2O8+2. The molecule has 0 fully saturated rings. The van der Waals surface area contributed by atoms with Crippen LogP contribution in [0.3, 0.4) is 0 Å². The van der Waals surface area contributed by atoms with Gasteiger partial charge in [0.25, 0.3) is 23.9 Å². The number of hydrogen-bond acceptors (Lipinski definition) is 6. The number of carboxylic acid groups (broad SMARTS) is 4. The molecule has 0 atom stereocenters. The van der Waals surface area contributed by atoms with Crippen LogP contribution in [0.2, 0.25) is 0 Å². The summed E-state index contributed by atoms with van der Waals surface area (Å²) in [6, 6.07) is 0. The van der Waals surface area contributed by atoms with Crippen LogP contribution in [-0.2, 0) is 19.2 Å². The first-order valence-corrected chi connectivity index (χ1v) is 5.03. The van der Waals surface area contributed by atoms with Gasteiger partial charge in [-0.25, -0.2) is 0 Å². The molecule has 0 aliphatic heterocycles. The van der Waals surface area contributed by atoms with E-state index in [1.54, 1.807) is 0 Å². The molecule has 0 aromatic carbocycles. The number of carboxylic acids is 4. The average Bonchev–Trinajstić information content (AvgIpc) is 2.13. The summed E-state index contributed by atoms with van der Waals surface area (Å²) in [6.07, 6.45) is 0. The van der Waals surface area contributed by atoms with Crippen LogP contribution in [0.1, 0.15) is 27.7 Å². The second-order valence-electron chi connectivity index (χ2n) is 2.65. The van der Waals surface area contributed by atoms with Gasteiger partial charge in [-0.05, 0) is 0 Å². The number of carbonyl (C=O) groups is 4. The fourth-order valence-electron chi connectivity index (χ4n) is 0. The van der Waals surface area contributed by atoms with Crippen molar-refractivity contribution in [2.24, 2.45) is 11.5 Å². The third-order valence-corrected chi connectivity index (χ3v) is 0.167. The summed E-state index contributed by atoms with van der Waals surface area (Å²) in [5, 5.41) is 29.7. The molecule has 0 rings (SSSR count).